The Morgan fingerprint density at radius 2 is 2.00 bits per heavy atom. The van der Waals surface area contributed by atoms with Gasteiger partial charge < -0.3 is 5.73 Å². The zero-order chi connectivity index (χ0) is 12.3. The summed E-state index contributed by atoms with van der Waals surface area (Å²) < 4.78 is 1.63. The van der Waals surface area contributed by atoms with Crippen molar-refractivity contribution in [1.29, 1.82) is 0 Å². The minimum atomic E-state index is -0.532. The maximum absolute atomic E-state index is 10.9. The molecule has 0 spiro atoms. The molecule has 16 heavy (non-hydrogen) atoms. The molecule has 2 N–H and O–H groups in total. The summed E-state index contributed by atoms with van der Waals surface area (Å²) in [6.45, 7) is 5.77. The van der Waals surface area contributed by atoms with Crippen LogP contribution in [0.4, 0.5) is 0 Å². The maximum Gasteiger partial charge on any atom is 0.248 e. The third-order valence-electron chi connectivity index (χ3n) is 1.91. The van der Waals surface area contributed by atoms with Crippen LogP contribution < -0.4 is 5.73 Å². The molecule has 0 unspecified atom stereocenters. The summed E-state index contributed by atoms with van der Waals surface area (Å²) in [7, 11) is 0. The second kappa shape index (κ2) is 4.94. The van der Waals surface area contributed by atoms with Crippen molar-refractivity contribution in [3.05, 3.63) is 28.7 Å². The Morgan fingerprint density at radius 3 is 2.56 bits per heavy atom. The molecule has 0 aliphatic carbocycles. The molecule has 0 aromatic carbocycles. The highest BCUT2D eigenvalue weighted by Gasteiger charge is 2.09. The van der Waals surface area contributed by atoms with Crippen molar-refractivity contribution in [3.8, 4) is 0 Å². The number of hydrogen-bond donors (Lipinski definition) is 1. The first-order valence-corrected chi connectivity index (χ1v) is 5.28. The van der Waals surface area contributed by atoms with E-state index in [1.165, 1.54) is 6.07 Å². The number of nitrogens with two attached hydrogens (primary N) is 1. The number of amides is 1. The molecule has 0 radical (unpaired) electrons. The molecule has 0 saturated heterocycles. The molecule has 2 aromatic heterocycles. The lowest BCUT2D eigenvalue weighted by Crippen LogP contribution is -2.11. The summed E-state index contributed by atoms with van der Waals surface area (Å²) in [5.41, 5.74) is 5.97. The highest BCUT2D eigenvalue weighted by atomic mass is 35.5. The van der Waals surface area contributed by atoms with E-state index in [-0.39, 0.29) is 0 Å². The van der Waals surface area contributed by atoms with Gasteiger partial charge in [0.2, 0.25) is 5.91 Å². The number of aromatic nitrogens is 3. The van der Waals surface area contributed by atoms with Crippen molar-refractivity contribution in [3.63, 3.8) is 0 Å². The number of pyridine rings is 1. The zero-order valence-corrected chi connectivity index (χ0v) is 10.1. The molecule has 2 rings (SSSR count). The van der Waals surface area contributed by atoms with Gasteiger partial charge in [0, 0.05) is 5.56 Å². The third-order valence-corrected chi connectivity index (χ3v) is 2.19. The Bertz CT molecular complexity index is 521. The van der Waals surface area contributed by atoms with E-state index in [9.17, 15) is 4.79 Å². The predicted molar refractivity (Wildman–Crippen MR) is 62.6 cm³/mol. The minimum absolute atomic E-state index is 0.329. The van der Waals surface area contributed by atoms with E-state index in [2.05, 4.69) is 10.2 Å². The molecule has 0 aliphatic heterocycles. The van der Waals surface area contributed by atoms with E-state index in [4.69, 9.17) is 17.3 Å². The highest BCUT2D eigenvalue weighted by Crippen LogP contribution is 2.16. The number of fused-ring (bicyclic) bond motifs is 1. The van der Waals surface area contributed by atoms with Crippen LogP contribution in [0.3, 0.4) is 0 Å². The van der Waals surface area contributed by atoms with Crippen molar-refractivity contribution in [2.24, 2.45) is 5.73 Å². The minimum Gasteiger partial charge on any atom is -0.366 e. The van der Waals surface area contributed by atoms with Gasteiger partial charge in [-0.15, -0.1) is 10.2 Å². The molecule has 5 nitrogen and oxygen atoms in total. The van der Waals surface area contributed by atoms with E-state index in [1.54, 1.807) is 17.4 Å². The molecular formula is C10H13ClN4O. The number of rotatable bonds is 1. The molecule has 1 amide bonds. The van der Waals surface area contributed by atoms with Crippen molar-refractivity contribution >= 4 is 23.2 Å². The number of hydrogen-bond acceptors (Lipinski definition) is 3. The van der Waals surface area contributed by atoms with Crippen LogP contribution in [0.15, 0.2) is 12.1 Å². The quantitative estimate of drug-likeness (QED) is 0.773. The van der Waals surface area contributed by atoms with Gasteiger partial charge in [0.05, 0.1) is 0 Å². The number of primary amides is 1. The largest absolute Gasteiger partial charge is 0.366 e. The summed E-state index contributed by atoms with van der Waals surface area (Å²) >= 11 is 5.93. The van der Waals surface area contributed by atoms with Crippen LogP contribution in [0, 0.1) is 6.92 Å². The number of carbonyl (C=O) groups is 1. The Morgan fingerprint density at radius 1 is 1.38 bits per heavy atom. The number of nitrogens with zero attached hydrogens (tertiary/aromatic N) is 3. The molecule has 0 aliphatic rings. The topological polar surface area (TPSA) is 73.3 Å². The Balaban J connectivity index is 0.000000606. The summed E-state index contributed by atoms with van der Waals surface area (Å²) in [4.78, 5) is 10.9. The SMILES string of the molecule is CC.Cc1nnc2cc(C(N)=O)cc(Cl)n12. The molecule has 0 saturated carbocycles. The van der Waals surface area contributed by atoms with Crippen LogP contribution in [0.5, 0.6) is 0 Å². The number of carbonyl (C=O) groups excluding carboxylic acids is 1. The predicted octanol–water partition coefficient (Wildman–Crippen LogP) is 1.82. The number of halogens is 1. The lowest BCUT2D eigenvalue weighted by Gasteiger charge is -2.00. The fourth-order valence-electron chi connectivity index (χ4n) is 1.25. The summed E-state index contributed by atoms with van der Waals surface area (Å²) in [6.07, 6.45) is 0. The van der Waals surface area contributed by atoms with E-state index in [0.29, 0.717) is 22.2 Å². The smallest absolute Gasteiger partial charge is 0.248 e. The van der Waals surface area contributed by atoms with Crippen LogP contribution in [-0.2, 0) is 0 Å². The molecule has 6 heteroatoms. The molecule has 0 fully saturated rings. The van der Waals surface area contributed by atoms with Gasteiger partial charge in [-0.05, 0) is 19.1 Å². The highest BCUT2D eigenvalue weighted by molar-refractivity contribution is 6.30. The average molecular weight is 241 g/mol. The summed E-state index contributed by atoms with van der Waals surface area (Å²) in [6, 6.07) is 3.04. The Hall–Kier alpha value is -1.62. The fourth-order valence-corrected chi connectivity index (χ4v) is 1.58. The lowest BCUT2D eigenvalue weighted by molar-refractivity contribution is 0.100. The molecule has 86 valence electrons. The van der Waals surface area contributed by atoms with Gasteiger partial charge in [-0.3, -0.25) is 9.20 Å². The maximum atomic E-state index is 10.9. The van der Waals surface area contributed by atoms with Gasteiger partial charge in [0.1, 0.15) is 11.0 Å². The first kappa shape index (κ1) is 12.4. The van der Waals surface area contributed by atoms with Gasteiger partial charge in [0.25, 0.3) is 0 Å². The van der Waals surface area contributed by atoms with Crippen LogP contribution in [0.2, 0.25) is 5.15 Å². The molecule has 2 aromatic rings. The summed E-state index contributed by atoms with van der Waals surface area (Å²) in [5, 5.41) is 8.05. The third kappa shape index (κ3) is 2.14. The Labute approximate surface area is 98.2 Å². The fraction of sp³-hybridized carbons (Fsp3) is 0.300. The molecule has 0 bridgehead atoms. The Kier molecular flexibility index (Phi) is 3.84. The first-order chi connectivity index (χ1) is 7.59. The van der Waals surface area contributed by atoms with E-state index in [0.717, 1.165) is 0 Å². The molecular weight excluding hydrogens is 228 g/mol. The first-order valence-electron chi connectivity index (χ1n) is 4.90. The van der Waals surface area contributed by atoms with E-state index in [1.807, 2.05) is 13.8 Å². The van der Waals surface area contributed by atoms with E-state index < -0.39 is 5.91 Å². The lowest BCUT2D eigenvalue weighted by atomic mass is 10.2. The van der Waals surface area contributed by atoms with Gasteiger partial charge >= 0.3 is 0 Å². The molecule has 0 atom stereocenters. The van der Waals surface area contributed by atoms with Gasteiger partial charge in [0.15, 0.2) is 5.65 Å². The van der Waals surface area contributed by atoms with E-state index >= 15 is 0 Å². The normalized spacial score (nSPS) is 9.75. The van der Waals surface area contributed by atoms with Crippen molar-refractivity contribution < 1.29 is 4.79 Å². The van der Waals surface area contributed by atoms with Gasteiger partial charge in [-0.1, -0.05) is 25.4 Å². The summed E-state index contributed by atoms with van der Waals surface area (Å²) in [5.74, 6) is 0.135. The molecule has 2 heterocycles. The van der Waals surface area contributed by atoms with Crippen LogP contribution in [-0.4, -0.2) is 20.5 Å². The standard InChI is InChI=1S/C8H7ClN4O.C2H6/c1-4-11-12-7-3-5(8(10)14)2-6(9)13(4)7;1-2/h2-3H,1H3,(H2,10,14);1-2H3. The van der Waals surface area contributed by atoms with Crippen LogP contribution in [0.25, 0.3) is 5.65 Å². The zero-order valence-electron chi connectivity index (χ0n) is 9.36. The monoisotopic (exact) mass is 240 g/mol. The second-order valence-corrected chi connectivity index (χ2v) is 3.26. The van der Waals surface area contributed by atoms with Gasteiger partial charge in [-0.25, -0.2) is 0 Å². The van der Waals surface area contributed by atoms with Crippen LogP contribution in [0.1, 0.15) is 30.0 Å². The van der Waals surface area contributed by atoms with Crippen molar-refractivity contribution in [1.82, 2.24) is 14.6 Å². The van der Waals surface area contributed by atoms with Crippen LogP contribution >= 0.6 is 11.6 Å². The van der Waals surface area contributed by atoms with Crippen molar-refractivity contribution in [2.45, 2.75) is 20.8 Å². The average Bonchev–Trinajstić information content (AvgIpc) is 2.63. The van der Waals surface area contributed by atoms with Gasteiger partial charge in [-0.2, -0.15) is 0 Å². The van der Waals surface area contributed by atoms with Crippen molar-refractivity contribution in [2.75, 3.05) is 0 Å². The second-order valence-electron chi connectivity index (χ2n) is 2.87. The number of aryl methyl sites for hydroxylation is 1.